The van der Waals surface area contributed by atoms with Crippen molar-refractivity contribution in [1.82, 2.24) is 5.43 Å². The van der Waals surface area contributed by atoms with Crippen molar-refractivity contribution in [3.8, 4) is 0 Å². The summed E-state index contributed by atoms with van der Waals surface area (Å²) in [6.07, 6.45) is 0. The third-order valence-corrected chi connectivity index (χ3v) is 2.98. The normalized spacial score (nSPS) is 9.96. The number of nitrogens with zero attached hydrogens (tertiary/aromatic N) is 2. The molecule has 2 aromatic rings. The van der Waals surface area contributed by atoms with Crippen LogP contribution in [0.25, 0.3) is 0 Å². The fraction of sp³-hybridized carbons (Fsp3) is 0.0714. The Morgan fingerprint density at radius 3 is 2.39 bits per heavy atom. The number of hydrogen-bond acceptors (Lipinski definition) is 6. The van der Waals surface area contributed by atoms with Crippen molar-refractivity contribution in [1.29, 1.82) is 0 Å². The molecular weight excluding hydrogens is 304 g/mol. The lowest BCUT2D eigenvalue weighted by molar-refractivity contribution is -0.393. The Hall–Kier alpha value is -3.49. The van der Waals surface area contributed by atoms with E-state index in [1.165, 1.54) is 0 Å². The Morgan fingerprint density at radius 2 is 1.78 bits per heavy atom. The van der Waals surface area contributed by atoms with Crippen molar-refractivity contribution in [2.75, 3.05) is 5.43 Å². The van der Waals surface area contributed by atoms with Gasteiger partial charge in [0.25, 0.3) is 11.6 Å². The Labute approximate surface area is 130 Å². The fourth-order valence-corrected chi connectivity index (χ4v) is 1.87. The van der Waals surface area contributed by atoms with Crippen LogP contribution < -0.4 is 10.9 Å². The summed E-state index contributed by atoms with van der Waals surface area (Å²) in [7, 11) is 0. The lowest BCUT2D eigenvalue weighted by Crippen LogP contribution is -2.29. The molecule has 0 spiro atoms. The molecular formula is C14H12N4O5. The number of non-ortho nitro benzene ring substituents is 1. The summed E-state index contributed by atoms with van der Waals surface area (Å²) in [5.74, 6) is -0.485. The van der Waals surface area contributed by atoms with Crippen LogP contribution in [0.15, 0.2) is 42.5 Å². The van der Waals surface area contributed by atoms with Crippen molar-refractivity contribution >= 4 is 23.0 Å². The zero-order valence-electron chi connectivity index (χ0n) is 12.0. The molecule has 0 bridgehead atoms. The molecule has 0 radical (unpaired) electrons. The first-order valence-electron chi connectivity index (χ1n) is 6.44. The largest absolute Gasteiger partial charge is 0.300 e. The number of hydrazine groups is 1. The van der Waals surface area contributed by atoms with Gasteiger partial charge in [-0.25, -0.2) is 0 Å². The molecule has 1 amide bonds. The van der Waals surface area contributed by atoms with Gasteiger partial charge in [-0.3, -0.25) is 35.9 Å². The summed E-state index contributed by atoms with van der Waals surface area (Å²) in [4.78, 5) is 32.1. The Kier molecular flexibility index (Phi) is 4.50. The highest BCUT2D eigenvalue weighted by Gasteiger charge is 2.19. The molecule has 0 aromatic heterocycles. The topological polar surface area (TPSA) is 127 Å². The van der Waals surface area contributed by atoms with Crippen LogP contribution in [0.1, 0.15) is 15.9 Å². The van der Waals surface area contributed by atoms with Crippen molar-refractivity contribution in [2.24, 2.45) is 0 Å². The van der Waals surface area contributed by atoms with E-state index in [4.69, 9.17) is 0 Å². The molecule has 0 atom stereocenters. The smallest absolute Gasteiger partial charge is 0.292 e. The average Bonchev–Trinajstić information content (AvgIpc) is 2.52. The van der Waals surface area contributed by atoms with Gasteiger partial charge < -0.3 is 0 Å². The Bertz CT molecular complexity index is 790. The molecule has 0 fully saturated rings. The zero-order valence-corrected chi connectivity index (χ0v) is 12.0. The van der Waals surface area contributed by atoms with Crippen LogP contribution in [0.4, 0.5) is 17.1 Å². The molecule has 0 aliphatic heterocycles. The van der Waals surface area contributed by atoms with Crippen LogP contribution in [-0.2, 0) is 0 Å². The number of hydrogen-bond donors (Lipinski definition) is 2. The van der Waals surface area contributed by atoms with Crippen molar-refractivity contribution in [2.45, 2.75) is 6.92 Å². The van der Waals surface area contributed by atoms with Crippen LogP contribution in [0, 0.1) is 27.2 Å². The molecule has 0 saturated carbocycles. The number of aryl methyl sites for hydroxylation is 1. The summed E-state index contributed by atoms with van der Waals surface area (Å²) < 4.78 is 0. The molecule has 0 unspecified atom stereocenters. The minimum absolute atomic E-state index is 0.0541. The Balaban J connectivity index is 2.18. The first-order valence-corrected chi connectivity index (χ1v) is 6.44. The molecule has 9 heteroatoms. The quantitative estimate of drug-likeness (QED) is 0.644. The van der Waals surface area contributed by atoms with E-state index < -0.39 is 27.1 Å². The number of nitro groups is 2. The molecule has 0 saturated heterocycles. The van der Waals surface area contributed by atoms with Crippen molar-refractivity contribution < 1.29 is 14.6 Å². The van der Waals surface area contributed by atoms with E-state index in [9.17, 15) is 25.0 Å². The standard InChI is InChI=1S/C14H12N4O5/c1-9-3-2-4-10(7-9)14(19)16-15-12-6-5-11(17(20)21)8-13(12)18(22)23/h2-8,15H,1H3,(H,16,19). The van der Waals surface area contributed by atoms with E-state index in [0.29, 0.717) is 5.56 Å². The third-order valence-electron chi connectivity index (χ3n) is 2.98. The molecule has 23 heavy (non-hydrogen) atoms. The van der Waals surface area contributed by atoms with Crippen molar-refractivity contribution in [3.05, 3.63) is 73.8 Å². The molecule has 2 rings (SSSR count). The second kappa shape index (κ2) is 6.52. The van der Waals surface area contributed by atoms with Gasteiger partial charge in [0.15, 0.2) is 0 Å². The zero-order chi connectivity index (χ0) is 17.0. The number of amides is 1. The summed E-state index contributed by atoms with van der Waals surface area (Å²) in [6.45, 7) is 1.82. The molecule has 9 nitrogen and oxygen atoms in total. The fourth-order valence-electron chi connectivity index (χ4n) is 1.87. The van der Waals surface area contributed by atoms with Gasteiger partial charge in [-0.2, -0.15) is 0 Å². The minimum Gasteiger partial charge on any atom is -0.292 e. The van der Waals surface area contributed by atoms with Crippen LogP contribution in [0.3, 0.4) is 0 Å². The first kappa shape index (κ1) is 15.9. The van der Waals surface area contributed by atoms with E-state index in [1.807, 2.05) is 13.0 Å². The van der Waals surface area contributed by atoms with E-state index in [0.717, 1.165) is 23.8 Å². The Morgan fingerprint density at radius 1 is 1.04 bits per heavy atom. The number of anilines is 1. The van der Waals surface area contributed by atoms with Gasteiger partial charge in [0.1, 0.15) is 5.69 Å². The van der Waals surface area contributed by atoms with Gasteiger partial charge in [0.2, 0.25) is 0 Å². The maximum atomic E-state index is 12.0. The number of nitro benzene ring substituents is 2. The van der Waals surface area contributed by atoms with Gasteiger partial charge >= 0.3 is 5.69 Å². The van der Waals surface area contributed by atoms with Gasteiger partial charge in [0, 0.05) is 11.6 Å². The number of carbonyl (C=O) groups is 1. The molecule has 0 aliphatic rings. The van der Waals surface area contributed by atoms with Gasteiger partial charge in [-0.1, -0.05) is 17.7 Å². The summed E-state index contributed by atoms with van der Waals surface area (Å²) in [5.41, 5.74) is 5.03. The second-order valence-electron chi connectivity index (χ2n) is 4.66. The first-order chi connectivity index (χ1) is 10.9. The molecule has 118 valence electrons. The summed E-state index contributed by atoms with van der Waals surface area (Å²) >= 11 is 0. The van der Waals surface area contributed by atoms with Crippen LogP contribution >= 0.6 is 0 Å². The SMILES string of the molecule is Cc1cccc(C(=O)NNc2ccc([N+](=O)[O-])cc2[N+](=O)[O-])c1. The molecule has 0 aliphatic carbocycles. The highest BCUT2D eigenvalue weighted by molar-refractivity contribution is 5.95. The lowest BCUT2D eigenvalue weighted by Gasteiger charge is -2.09. The second-order valence-corrected chi connectivity index (χ2v) is 4.66. The highest BCUT2D eigenvalue weighted by Crippen LogP contribution is 2.28. The number of nitrogens with one attached hydrogen (secondary N) is 2. The third kappa shape index (κ3) is 3.79. The molecule has 2 N–H and O–H groups in total. The summed E-state index contributed by atoms with van der Waals surface area (Å²) in [5, 5.41) is 21.6. The van der Waals surface area contributed by atoms with E-state index in [-0.39, 0.29) is 5.69 Å². The van der Waals surface area contributed by atoms with E-state index >= 15 is 0 Å². The molecule has 2 aromatic carbocycles. The van der Waals surface area contributed by atoms with E-state index in [2.05, 4.69) is 10.9 Å². The lowest BCUT2D eigenvalue weighted by atomic mass is 10.1. The number of carbonyl (C=O) groups excluding carboxylic acids is 1. The van der Waals surface area contributed by atoms with Crippen molar-refractivity contribution in [3.63, 3.8) is 0 Å². The number of rotatable bonds is 5. The highest BCUT2D eigenvalue weighted by atomic mass is 16.6. The minimum atomic E-state index is -0.770. The van der Waals surface area contributed by atoms with Gasteiger partial charge in [-0.15, -0.1) is 0 Å². The van der Waals surface area contributed by atoms with Gasteiger partial charge in [0.05, 0.1) is 15.9 Å². The number of benzene rings is 2. The maximum absolute atomic E-state index is 12.0. The van der Waals surface area contributed by atoms with Crippen LogP contribution in [0.2, 0.25) is 0 Å². The van der Waals surface area contributed by atoms with Crippen LogP contribution in [-0.4, -0.2) is 15.8 Å². The average molecular weight is 316 g/mol. The van der Waals surface area contributed by atoms with Gasteiger partial charge in [-0.05, 0) is 25.1 Å². The van der Waals surface area contributed by atoms with E-state index in [1.54, 1.807) is 18.2 Å². The van der Waals surface area contributed by atoms with Crippen LogP contribution in [0.5, 0.6) is 0 Å². The maximum Gasteiger partial charge on any atom is 0.300 e. The molecule has 0 heterocycles. The predicted molar refractivity (Wildman–Crippen MR) is 82.0 cm³/mol. The monoisotopic (exact) mass is 316 g/mol. The predicted octanol–water partition coefficient (Wildman–Crippen LogP) is 2.57. The summed E-state index contributed by atoms with van der Waals surface area (Å²) in [6, 6.07) is 9.86.